The van der Waals surface area contributed by atoms with Crippen molar-refractivity contribution < 1.29 is 18.7 Å². The molecule has 8 heteroatoms. The molecule has 2 aromatic rings. The second-order valence-electron chi connectivity index (χ2n) is 3.18. The summed E-state index contributed by atoms with van der Waals surface area (Å²) in [4.78, 5) is 10.4. The van der Waals surface area contributed by atoms with Crippen LogP contribution in [0.5, 0.6) is 0 Å². The van der Waals surface area contributed by atoms with Crippen molar-refractivity contribution in [2.75, 3.05) is 5.75 Å². The van der Waals surface area contributed by atoms with E-state index in [1.807, 2.05) is 22.6 Å². The van der Waals surface area contributed by atoms with Crippen LogP contribution in [0.15, 0.2) is 27.8 Å². The molecule has 1 N–H and O–H groups in total. The Morgan fingerprint density at radius 1 is 1.50 bits per heavy atom. The number of aromatic nitrogens is 2. The predicted octanol–water partition coefficient (Wildman–Crippen LogP) is 2.66. The highest BCUT2D eigenvalue weighted by Gasteiger charge is 2.13. The molecule has 0 fully saturated rings. The number of hydrogen-bond donors (Lipinski definition) is 1. The Labute approximate surface area is 119 Å². The zero-order chi connectivity index (χ0) is 13.1. The molecule has 0 spiro atoms. The van der Waals surface area contributed by atoms with E-state index in [4.69, 9.17) is 9.52 Å². The number of halogens is 2. The second-order valence-corrected chi connectivity index (χ2v) is 5.27. The van der Waals surface area contributed by atoms with E-state index in [0.29, 0.717) is 9.13 Å². The molecule has 0 bridgehead atoms. The molecule has 0 unspecified atom stereocenters. The molecule has 0 amide bonds. The van der Waals surface area contributed by atoms with E-state index in [1.54, 1.807) is 0 Å². The van der Waals surface area contributed by atoms with Crippen molar-refractivity contribution >= 4 is 40.3 Å². The Bertz CT molecular complexity index is 590. The third-order valence-corrected chi connectivity index (χ3v) is 3.58. The van der Waals surface area contributed by atoms with Gasteiger partial charge in [0.15, 0.2) is 0 Å². The minimum absolute atomic E-state index is 0.151. The van der Waals surface area contributed by atoms with E-state index in [-0.39, 0.29) is 22.7 Å². The molecule has 0 radical (unpaired) electrons. The predicted molar refractivity (Wildman–Crippen MR) is 70.8 cm³/mol. The number of rotatable bonds is 4. The molecular weight excluding hydrogens is 374 g/mol. The normalized spacial score (nSPS) is 10.6. The average Bonchev–Trinajstić information content (AvgIpc) is 2.75. The summed E-state index contributed by atoms with van der Waals surface area (Å²) in [5.74, 6) is -1.21. The molecule has 2 rings (SSSR count). The maximum atomic E-state index is 12.9. The molecule has 0 aliphatic heterocycles. The first-order chi connectivity index (χ1) is 8.56. The number of nitrogens with zero attached hydrogens (tertiary/aromatic N) is 2. The van der Waals surface area contributed by atoms with Crippen molar-refractivity contribution in [1.29, 1.82) is 0 Å². The van der Waals surface area contributed by atoms with Gasteiger partial charge in [-0.15, -0.1) is 10.2 Å². The number of carbonyl (C=O) groups is 1. The SMILES string of the molecule is O=C(O)CSc1nnc(-c2ccc(F)cc2I)o1. The van der Waals surface area contributed by atoms with Gasteiger partial charge in [0.1, 0.15) is 11.6 Å². The van der Waals surface area contributed by atoms with Crippen LogP contribution in [0.25, 0.3) is 11.5 Å². The van der Waals surface area contributed by atoms with Gasteiger partial charge in [-0.05, 0) is 40.8 Å². The molecule has 0 aliphatic carbocycles. The van der Waals surface area contributed by atoms with Gasteiger partial charge in [0, 0.05) is 3.57 Å². The summed E-state index contributed by atoms with van der Waals surface area (Å²) < 4.78 is 18.9. The van der Waals surface area contributed by atoms with Gasteiger partial charge in [-0.25, -0.2) is 4.39 Å². The molecule has 0 aliphatic rings. The maximum absolute atomic E-state index is 12.9. The summed E-state index contributed by atoms with van der Waals surface area (Å²) in [5, 5.41) is 16.2. The number of hydrogen-bond acceptors (Lipinski definition) is 5. The largest absolute Gasteiger partial charge is 0.481 e. The lowest BCUT2D eigenvalue weighted by Gasteiger charge is -1.98. The zero-order valence-electron chi connectivity index (χ0n) is 8.76. The first-order valence-electron chi connectivity index (χ1n) is 4.70. The summed E-state index contributed by atoms with van der Waals surface area (Å²) in [5.41, 5.74) is 0.617. The van der Waals surface area contributed by atoms with Gasteiger partial charge >= 0.3 is 5.97 Å². The fourth-order valence-electron chi connectivity index (χ4n) is 1.16. The second kappa shape index (κ2) is 5.65. The molecule has 5 nitrogen and oxygen atoms in total. The van der Waals surface area contributed by atoms with Crippen molar-refractivity contribution in [1.82, 2.24) is 10.2 Å². The molecule has 1 aromatic heterocycles. The molecule has 0 saturated carbocycles. The number of carboxylic acids is 1. The Morgan fingerprint density at radius 3 is 2.94 bits per heavy atom. The smallest absolute Gasteiger partial charge is 0.314 e. The van der Waals surface area contributed by atoms with Crippen LogP contribution in [0.2, 0.25) is 0 Å². The quantitative estimate of drug-likeness (QED) is 0.649. The number of aliphatic carboxylic acids is 1. The van der Waals surface area contributed by atoms with E-state index in [0.717, 1.165) is 11.8 Å². The highest BCUT2D eigenvalue weighted by molar-refractivity contribution is 14.1. The van der Waals surface area contributed by atoms with Gasteiger partial charge in [0.2, 0.25) is 5.89 Å². The zero-order valence-corrected chi connectivity index (χ0v) is 11.7. The molecule has 1 aromatic carbocycles. The van der Waals surface area contributed by atoms with Gasteiger partial charge in [-0.2, -0.15) is 0 Å². The van der Waals surface area contributed by atoms with Crippen molar-refractivity contribution in [2.45, 2.75) is 5.22 Å². The first kappa shape index (κ1) is 13.3. The minimum atomic E-state index is -0.962. The van der Waals surface area contributed by atoms with Gasteiger partial charge in [0.25, 0.3) is 5.22 Å². The summed E-state index contributed by atoms with van der Waals surface area (Å²) in [6.07, 6.45) is 0. The van der Waals surface area contributed by atoms with Gasteiger partial charge in [-0.1, -0.05) is 11.8 Å². The van der Waals surface area contributed by atoms with Gasteiger partial charge in [-0.3, -0.25) is 4.79 Å². The van der Waals surface area contributed by atoms with Crippen molar-refractivity contribution in [3.63, 3.8) is 0 Å². The summed E-state index contributed by atoms with van der Waals surface area (Å²) in [7, 11) is 0. The van der Waals surface area contributed by atoms with E-state index >= 15 is 0 Å². The molecule has 94 valence electrons. The van der Waals surface area contributed by atoms with E-state index in [2.05, 4.69) is 10.2 Å². The van der Waals surface area contributed by atoms with Gasteiger partial charge in [0.05, 0.1) is 5.56 Å². The molecular formula is C10H6FIN2O3S. The molecule has 1 heterocycles. The Balaban J connectivity index is 2.21. The fraction of sp³-hybridized carbons (Fsp3) is 0.100. The van der Waals surface area contributed by atoms with Crippen LogP contribution in [0.1, 0.15) is 0 Å². The molecule has 18 heavy (non-hydrogen) atoms. The Hall–Kier alpha value is -1.16. The van der Waals surface area contributed by atoms with Crippen molar-refractivity contribution in [3.8, 4) is 11.5 Å². The number of thioether (sulfide) groups is 1. The Kier molecular flexibility index (Phi) is 4.17. The highest BCUT2D eigenvalue weighted by atomic mass is 127. The number of benzene rings is 1. The highest BCUT2D eigenvalue weighted by Crippen LogP contribution is 2.27. The van der Waals surface area contributed by atoms with Crippen LogP contribution >= 0.6 is 34.4 Å². The minimum Gasteiger partial charge on any atom is -0.481 e. The Morgan fingerprint density at radius 2 is 2.28 bits per heavy atom. The topological polar surface area (TPSA) is 76.2 Å². The first-order valence-corrected chi connectivity index (χ1v) is 6.76. The van der Waals surface area contributed by atoms with Crippen LogP contribution in [0, 0.1) is 9.39 Å². The van der Waals surface area contributed by atoms with Crippen molar-refractivity contribution in [2.24, 2.45) is 0 Å². The van der Waals surface area contributed by atoms with Crippen LogP contribution < -0.4 is 0 Å². The molecule has 0 saturated heterocycles. The average molecular weight is 380 g/mol. The lowest BCUT2D eigenvalue weighted by Crippen LogP contribution is -1.97. The molecule has 0 atom stereocenters. The van der Waals surface area contributed by atoms with Crippen molar-refractivity contribution in [3.05, 3.63) is 27.6 Å². The summed E-state index contributed by atoms with van der Waals surface area (Å²) in [6.45, 7) is 0. The van der Waals surface area contributed by atoms with E-state index < -0.39 is 5.97 Å². The lowest BCUT2D eigenvalue weighted by atomic mass is 10.2. The van der Waals surface area contributed by atoms with Crippen LogP contribution in [0.4, 0.5) is 4.39 Å². The third kappa shape index (κ3) is 3.19. The van der Waals surface area contributed by atoms with Crippen LogP contribution in [-0.2, 0) is 4.79 Å². The van der Waals surface area contributed by atoms with Crippen LogP contribution in [-0.4, -0.2) is 27.0 Å². The summed E-state index contributed by atoms with van der Waals surface area (Å²) >= 11 is 2.90. The van der Waals surface area contributed by atoms with Crippen LogP contribution in [0.3, 0.4) is 0 Å². The standard InChI is InChI=1S/C10H6FIN2O3S/c11-5-1-2-6(7(12)3-5)9-13-14-10(17-9)18-4-8(15)16/h1-3H,4H2,(H,15,16). The summed E-state index contributed by atoms with van der Waals surface area (Å²) in [6, 6.07) is 4.19. The maximum Gasteiger partial charge on any atom is 0.314 e. The number of carboxylic acid groups (broad SMARTS) is 1. The lowest BCUT2D eigenvalue weighted by molar-refractivity contribution is -0.133. The van der Waals surface area contributed by atoms with E-state index in [1.165, 1.54) is 18.2 Å². The van der Waals surface area contributed by atoms with E-state index in [9.17, 15) is 9.18 Å². The third-order valence-electron chi connectivity index (χ3n) is 1.89. The van der Waals surface area contributed by atoms with Gasteiger partial charge < -0.3 is 9.52 Å². The fourth-order valence-corrected chi connectivity index (χ4v) is 2.35. The monoisotopic (exact) mass is 380 g/mol.